The molecule has 1 saturated carbocycles. The Balaban J connectivity index is 1.40. The topological polar surface area (TPSA) is 75.0 Å². The molecule has 2 heterocycles. The minimum absolute atomic E-state index is 0.143. The summed E-state index contributed by atoms with van der Waals surface area (Å²) < 4.78 is 0. The quantitative estimate of drug-likeness (QED) is 0.496. The molecule has 0 spiro atoms. The van der Waals surface area contributed by atoms with Crippen LogP contribution in [0.15, 0.2) is 36.4 Å². The number of aromatic amines is 1. The molecule has 1 amide bonds. The van der Waals surface area contributed by atoms with Gasteiger partial charge in [0.1, 0.15) is 5.82 Å². The minimum Gasteiger partial charge on any atom is -0.399 e. The van der Waals surface area contributed by atoms with Gasteiger partial charge in [-0.05, 0) is 93.2 Å². The van der Waals surface area contributed by atoms with Crippen molar-refractivity contribution in [2.75, 3.05) is 18.8 Å². The third kappa shape index (κ3) is 4.17. The Morgan fingerprint density at radius 1 is 1.00 bits per heavy atom. The zero-order chi connectivity index (χ0) is 23.1. The zero-order valence-corrected chi connectivity index (χ0v) is 19.9. The molecule has 1 saturated heterocycles. The number of piperidine rings is 1. The Labute approximate surface area is 196 Å². The molecule has 5 nitrogen and oxygen atoms in total. The van der Waals surface area contributed by atoms with Crippen LogP contribution in [-0.2, 0) is 0 Å². The van der Waals surface area contributed by atoms with Crippen molar-refractivity contribution in [1.82, 2.24) is 14.9 Å². The molecular weight excluding hydrogens is 408 g/mol. The molecule has 2 aromatic carbocycles. The normalized spacial score (nSPS) is 17.2. The van der Waals surface area contributed by atoms with E-state index < -0.39 is 0 Å². The van der Waals surface area contributed by atoms with Crippen molar-refractivity contribution in [3.05, 3.63) is 70.0 Å². The number of carbonyl (C=O) groups excluding carboxylic acids is 1. The molecule has 0 atom stereocenters. The van der Waals surface area contributed by atoms with Crippen LogP contribution in [-0.4, -0.2) is 33.9 Å². The number of anilines is 1. The predicted octanol–water partition coefficient (Wildman–Crippen LogP) is 5.87. The van der Waals surface area contributed by atoms with Crippen LogP contribution in [0.3, 0.4) is 0 Å². The summed E-state index contributed by atoms with van der Waals surface area (Å²) in [6, 6.07) is 12.6. The molecule has 1 aliphatic carbocycles. The van der Waals surface area contributed by atoms with E-state index >= 15 is 0 Å². The van der Waals surface area contributed by atoms with Gasteiger partial charge in [-0.15, -0.1) is 0 Å². The van der Waals surface area contributed by atoms with E-state index in [1.165, 1.54) is 30.4 Å². The lowest BCUT2D eigenvalue weighted by Gasteiger charge is -2.33. The van der Waals surface area contributed by atoms with E-state index in [0.717, 1.165) is 65.5 Å². The summed E-state index contributed by atoms with van der Waals surface area (Å²) in [5.74, 6) is 2.10. The molecule has 2 fully saturated rings. The number of hydrogen-bond donors (Lipinski definition) is 2. The summed E-state index contributed by atoms with van der Waals surface area (Å²) >= 11 is 0. The van der Waals surface area contributed by atoms with Gasteiger partial charge in [-0.3, -0.25) is 4.79 Å². The molecule has 2 aliphatic rings. The zero-order valence-electron chi connectivity index (χ0n) is 19.9. The number of rotatable bonds is 4. The standard InChI is InChI=1S/C28H34N4O/c1-17-15-25(22-5-4-6-22)26(27-30-18(2)19(3)31-27)16-24(17)28(33)32-13-11-21(12-14-32)20-7-9-23(29)10-8-20/h7-10,15-16,21-22H,4-6,11-14,29H2,1-3H3,(H,30,31). The Hall–Kier alpha value is -3.08. The first-order valence-electron chi connectivity index (χ1n) is 12.2. The third-order valence-electron chi connectivity index (χ3n) is 7.75. The van der Waals surface area contributed by atoms with Gasteiger partial charge < -0.3 is 15.6 Å². The van der Waals surface area contributed by atoms with Gasteiger partial charge in [-0.1, -0.05) is 24.6 Å². The molecule has 3 aromatic rings. The maximum Gasteiger partial charge on any atom is 0.254 e. The fourth-order valence-electron chi connectivity index (χ4n) is 5.25. The van der Waals surface area contributed by atoms with Crippen LogP contribution in [0, 0.1) is 20.8 Å². The lowest BCUT2D eigenvalue weighted by molar-refractivity contribution is 0.0712. The van der Waals surface area contributed by atoms with E-state index in [0.29, 0.717) is 11.8 Å². The number of aromatic nitrogens is 2. The summed E-state index contributed by atoms with van der Waals surface area (Å²) in [5.41, 5.74) is 14.4. The van der Waals surface area contributed by atoms with Crippen LogP contribution in [0.1, 0.15) is 82.4 Å². The SMILES string of the molecule is Cc1cc(C2CCC2)c(-c2nc(C)c(C)[nH]2)cc1C(=O)N1CCC(c2ccc(N)cc2)CC1. The van der Waals surface area contributed by atoms with E-state index in [2.05, 4.69) is 43.1 Å². The molecule has 172 valence electrons. The highest BCUT2D eigenvalue weighted by Gasteiger charge is 2.29. The fourth-order valence-corrected chi connectivity index (χ4v) is 5.25. The number of nitrogens with one attached hydrogen (secondary N) is 1. The summed E-state index contributed by atoms with van der Waals surface area (Å²) in [4.78, 5) is 23.9. The highest BCUT2D eigenvalue weighted by molar-refractivity contribution is 5.97. The van der Waals surface area contributed by atoms with Crippen LogP contribution in [0.4, 0.5) is 5.69 Å². The monoisotopic (exact) mass is 442 g/mol. The van der Waals surface area contributed by atoms with Gasteiger partial charge in [0.25, 0.3) is 5.91 Å². The van der Waals surface area contributed by atoms with Crippen LogP contribution >= 0.6 is 0 Å². The fraction of sp³-hybridized carbons (Fsp3) is 0.429. The molecule has 5 rings (SSSR count). The molecule has 1 aliphatic heterocycles. The lowest BCUT2D eigenvalue weighted by Crippen LogP contribution is -2.38. The molecule has 0 unspecified atom stereocenters. The van der Waals surface area contributed by atoms with Crippen LogP contribution in [0.25, 0.3) is 11.4 Å². The number of benzene rings is 2. The summed E-state index contributed by atoms with van der Waals surface area (Å²) in [5, 5.41) is 0. The maximum atomic E-state index is 13.6. The molecule has 0 bridgehead atoms. The highest BCUT2D eigenvalue weighted by atomic mass is 16.2. The number of amides is 1. The number of likely N-dealkylation sites (tertiary alicyclic amines) is 1. The Kier molecular flexibility index (Phi) is 5.73. The summed E-state index contributed by atoms with van der Waals surface area (Å²) in [6.07, 6.45) is 5.69. The number of H-pyrrole nitrogens is 1. The van der Waals surface area contributed by atoms with Gasteiger partial charge in [-0.2, -0.15) is 0 Å². The van der Waals surface area contributed by atoms with Crippen LogP contribution in [0.5, 0.6) is 0 Å². The Morgan fingerprint density at radius 3 is 2.27 bits per heavy atom. The first kappa shape index (κ1) is 21.7. The molecular formula is C28H34N4O. The smallest absolute Gasteiger partial charge is 0.254 e. The first-order valence-corrected chi connectivity index (χ1v) is 12.2. The van der Waals surface area contributed by atoms with Gasteiger partial charge in [0, 0.05) is 35.6 Å². The van der Waals surface area contributed by atoms with Crippen molar-refractivity contribution in [2.45, 2.75) is 64.7 Å². The molecule has 0 radical (unpaired) electrons. The van der Waals surface area contributed by atoms with Crippen molar-refractivity contribution in [3.63, 3.8) is 0 Å². The van der Waals surface area contributed by atoms with E-state index in [1.807, 2.05) is 24.0 Å². The number of nitrogen functional groups attached to an aromatic ring is 1. The second-order valence-electron chi connectivity index (χ2n) is 9.91. The second-order valence-corrected chi connectivity index (χ2v) is 9.91. The van der Waals surface area contributed by atoms with E-state index in [1.54, 1.807) is 0 Å². The van der Waals surface area contributed by atoms with Crippen molar-refractivity contribution < 1.29 is 4.79 Å². The molecule has 5 heteroatoms. The van der Waals surface area contributed by atoms with Gasteiger partial charge >= 0.3 is 0 Å². The van der Waals surface area contributed by atoms with Crippen molar-refractivity contribution >= 4 is 11.6 Å². The summed E-state index contributed by atoms with van der Waals surface area (Å²) in [6.45, 7) is 7.74. The number of hydrogen-bond acceptors (Lipinski definition) is 3. The van der Waals surface area contributed by atoms with Crippen LogP contribution in [0.2, 0.25) is 0 Å². The largest absolute Gasteiger partial charge is 0.399 e. The first-order chi connectivity index (χ1) is 15.9. The third-order valence-corrected chi connectivity index (χ3v) is 7.75. The number of carbonyl (C=O) groups is 1. The Morgan fingerprint density at radius 2 is 1.70 bits per heavy atom. The van der Waals surface area contributed by atoms with Crippen molar-refractivity contribution in [3.8, 4) is 11.4 Å². The predicted molar refractivity (Wildman–Crippen MR) is 134 cm³/mol. The molecule has 3 N–H and O–H groups in total. The van der Waals surface area contributed by atoms with Gasteiger partial charge in [0.2, 0.25) is 0 Å². The summed E-state index contributed by atoms with van der Waals surface area (Å²) in [7, 11) is 0. The van der Waals surface area contributed by atoms with Crippen molar-refractivity contribution in [2.24, 2.45) is 0 Å². The van der Waals surface area contributed by atoms with E-state index in [9.17, 15) is 4.79 Å². The number of nitrogens with two attached hydrogens (primary N) is 1. The highest BCUT2D eigenvalue weighted by Crippen LogP contribution is 2.42. The van der Waals surface area contributed by atoms with E-state index in [-0.39, 0.29) is 5.91 Å². The van der Waals surface area contributed by atoms with Gasteiger partial charge in [-0.25, -0.2) is 4.98 Å². The number of aryl methyl sites for hydroxylation is 3. The lowest BCUT2D eigenvalue weighted by atomic mass is 9.77. The Bertz CT molecular complexity index is 1150. The van der Waals surface area contributed by atoms with Crippen LogP contribution < -0.4 is 5.73 Å². The number of nitrogens with zero attached hydrogens (tertiary/aromatic N) is 2. The molecule has 1 aromatic heterocycles. The van der Waals surface area contributed by atoms with Gasteiger partial charge in [0.05, 0.1) is 5.69 Å². The second kappa shape index (κ2) is 8.69. The number of imidazole rings is 1. The van der Waals surface area contributed by atoms with Crippen molar-refractivity contribution in [1.29, 1.82) is 0 Å². The molecule has 33 heavy (non-hydrogen) atoms. The van der Waals surface area contributed by atoms with Gasteiger partial charge in [0.15, 0.2) is 0 Å². The maximum absolute atomic E-state index is 13.6. The average Bonchev–Trinajstić information content (AvgIpc) is 3.11. The minimum atomic E-state index is 0.143. The average molecular weight is 443 g/mol. The van der Waals surface area contributed by atoms with E-state index in [4.69, 9.17) is 10.7 Å².